The Bertz CT molecular complexity index is 1470. The van der Waals surface area contributed by atoms with Crippen molar-refractivity contribution < 1.29 is 64.6 Å². The van der Waals surface area contributed by atoms with Crippen LogP contribution in [0.5, 0.6) is 0 Å². The van der Waals surface area contributed by atoms with Gasteiger partial charge in [0, 0.05) is 33.2 Å². The molecular formula is C26H36N2O14S3. The molecule has 19 heteroatoms. The van der Waals surface area contributed by atoms with Gasteiger partial charge in [-0.25, -0.2) is 31.1 Å². The maximum absolute atomic E-state index is 13.2. The summed E-state index contributed by atoms with van der Waals surface area (Å²) in [6.07, 6.45) is 0.841. The average Bonchev–Trinajstić information content (AvgIpc) is 3.19. The molecule has 0 radical (unpaired) electrons. The van der Waals surface area contributed by atoms with Crippen LogP contribution in [0, 0.1) is 0 Å². The van der Waals surface area contributed by atoms with E-state index in [1.807, 2.05) is 4.72 Å². The highest BCUT2D eigenvalue weighted by Gasteiger charge is 2.46. The predicted molar refractivity (Wildman–Crippen MR) is 158 cm³/mol. The molecule has 0 aromatic carbocycles. The first-order chi connectivity index (χ1) is 21.0. The highest BCUT2D eigenvalue weighted by atomic mass is 32.3. The number of nitrogens with zero attached hydrogens (tertiary/aromatic N) is 1. The Balaban J connectivity index is 2.12. The zero-order valence-corrected chi connectivity index (χ0v) is 27.6. The molecule has 2 aliphatic rings. The van der Waals surface area contributed by atoms with Crippen molar-refractivity contribution in [2.45, 2.75) is 71.1 Å². The Hall–Kier alpha value is -3.45. The fourth-order valence-corrected chi connectivity index (χ4v) is 9.22. The van der Waals surface area contributed by atoms with Crippen molar-refractivity contribution in [2.75, 3.05) is 33.0 Å². The van der Waals surface area contributed by atoms with Gasteiger partial charge in [0.15, 0.2) is 23.1 Å². The van der Waals surface area contributed by atoms with E-state index in [1.54, 1.807) is 6.92 Å². The fraction of sp³-hybridized carbons (Fsp3) is 0.615. The van der Waals surface area contributed by atoms with Crippen molar-refractivity contribution >= 4 is 67.3 Å². The lowest BCUT2D eigenvalue weighted by atomic mass is 10.0. The van der Waals surface area contributed by atoms with Crippen LogP contribution in [0.3, 0.4) is 0 Å². The van der Waals surface area contributed by atoms with Crippen LogP contribution in [0.25, 0.3) is 0 Å². The number of hydrogen-bond acceptors (Lipinski definition) is 15. The first-order valence-electron chi connectivity index (χ1n) is 13.8. The van der Waals surface area contributed by atoms with Crippen LogP contribution in [-0.2, 0) is 67.6 Å². The first kappa shape index (κ1) is 37.7. The van der Waals surface area contributed by atoms with Gasteiger partial charge in [0.2, 0.25) is 11.8 Å². The summed E-state index contributed by atoms with van der Waals surface area (Å²) in [4.78, 5) is 71.5. The van der Waals surface area contributed by atoms with Gasteiger partial charge in [-0.05, 0) is 44.8 Å². The molecule has 0 fully saturated rings. The van der Waals surface area contributed by atoms with E-state index < -0.39 is 84.3 Å². The molecule has 1 N–H and O–H groups in total. The minimum absolute atomic E-state index is 0.0552. The lowest BCUT2D eigenvalue weighted by Crippen LogP contribution is -2.42. The number of likely N-dealkylation sites (N-methyl/N-ethyl adjacent to an activating group) is 1. The molecule has 0 bridgehead atoms. The molecule has 45 heavy (non-hydrogen) atoms. The van der Waals surface area contributed by atoms with Crippen molar-refractivity contribution in [3.8, 4) is 0 Å². The van der Waals surface area contributed by atoms with E-state index >= 15 is 0 Å². The van der Waals surface area contributed by atoms with E-state index in [9.17, 15) is 45.6 Å². The molecule has 2 rings (SSSR count). The number of carbonyl (C=O) groups excluding carboxylic acids is 6. The molecule has 2 aliphatic heterocycles. The van der Waals surface area contributed by atoms with Gasteiger partial charge in [-0.15, -0.1) is 0 Å². The minimum atomic E-state index is -4.57. The molecule has 2 heterocycles. The largest absolute Gasteiger partial charge is 0.463 e. The second kappa shape index (κ2) is 16.7. The highest BCUT2D eigenvalue weighted by molar-refractivity contribution is 8.28. The van der Waals surface area contributed by atoms with Gasteiger partial charge in [0.05, 0.1) is 24.5 Å². The number of carbonyl (C=O) groups is 6. The second-order valence-corrected chi connectivity index (χ2v) is 15.3. The van der Waals surface area contributed by atoms with E-state index in [0.29, 0.717) is 17.3 Å². The number of rotatable bonds is 16. The number of ether oxygens (including phenoxy) is 4. The highest BCUT2D eigenvalue weighted by Crippen LogP contribution is 2.49. The topological polar surface area (TPSA) is 223 Å². The molecule has 2 atom stereocenters. The Labute approximate surface area is 265 Å². The van der Waals surface area contributed by atoms with Gasteiger partial charge in [0.1, 0.15) is 8.47 Å². The molecule has 0 unspecified atom stereocenters. The van der Waals surface area contributed by atoms with Crippen LogP contribution in [0.2, 0.25) is 0 Å². The third-order valence-electron chi connectivity index (χ3n) is 6.31. The van der Waals surface area contributed by atoms with Crippen molar-refractivity contribution in [3.05, 3.63) is 20.1 Å². The summed E-state index contributed by atoms with van der Waals surface area (Å²) < 4.78 is 72.5. The van der Waals surface area contributed by atoms with E-state index in [-0.39, 0.29) is 56.1 Å². The van der Waals surface area contributed by atoms with Crippen LogP contribution in [0.4, 0.5) is 0 Å². The number of nitrogens with one attached hydrogen (secondary N) is 1. The van der Waals surface area contributed by atoms with Crippen LogP contribution < -0.4 is 4.72 Å². The molecule has 16 nitrogen and oxygen atoms in total. The summed E-state index contributed by atoms with van der Waals surface area (Å²) in [6.45, 7) is 3.84. The second-order valence-electron chi connectivity index (χ2n) is 9.82. The van der Waals surface area contributed by atoms with Crippen LogP contribution in [0.1, 0.15) is 59.8 Å². The van der Waals surface area contributed by atoms with E-state index in [1.165, 1.54) is 17.9 Å². The molecule has 0 saturated carbocycles. The molecule has 2 amide bonds. The van der Waals surface area contributed by atoms with Crippen LogP contribution in [0.15, 0.2) is 20.1 Å². The van der Waals surface area contributed by atoms with Crippen molar-refractivity contribution in [2.24, 2.45) is 0 Å². The Morgan fingerprint density at radius 1 is 0.933 bits per heavy atom. The molecule has 0 aromatic rings. The molecule has 0 saturated heterocycles. The Morgan fingerprint density at radius 2 is 1.47 bits per heavy atom. The minimum Gasteiger partial charge on any atom is -0.463 e. The lowest BCUT2D eigenvalue weighted by molar-refractivity contribution is -0.157. The number of amides is 2. The van der Waals surface area contributed by atoms with Gasteiger partial charge < -0.3 is 23.8 Å². The number of hydrogen-bond donors (Lipinski definition) is 1. The number of thioether (sulfide) groups is 1. The smallest absolute Gasteiger partial charge is 0.344 e. The number of esters is 4. The van der Waals surface area contributed by atoms with Crippen molar-refractivity contribution in [1.29, 1.82) is 0 Å². The Kier molecular flexibility index (Phi) is 14.0. The van der Waals surface area contributed by atoms with Gasteiger partial charge >= 0.3 is 23.9 Å². The first-order valence-corrected chi connectivity index (χ1v) is 17.6. The quantitative estimate of drug-likeness (QED) is 0.131. The molecular weight excluding hydrogens is 660 g/mol. The summed E-state index contributed by atoms with van der Waals surface area (Å²) in [6, 6.07) is -1.04. The van der Waals surface area contributed by atoms with Crippen LogP contribution >= 0.6 is 11.8 Å². The van der Waals surface area contributed by atoms with Gasteiger partial charge in [-0.2, -0.15) is 0 Å². The summed E-state index contributed by atoms with van der Waals surface area (Å²) in [5, 5.41) is -0.864. The number of sulfonamides is 1. The fourth-order valence-electron chi connectivity index (χ4n) is 4.17. The van der Waals surface area contributed by atoms with Gasteiger partial charge in [0.25, 0.3) is 10.0 Å². The van der Waals surface area contributed by atoms with Gasteiger partial charge in [-0.3, -0.25) is 19.2 Å². The Morgan fingerprint density at radius 3 is 1.98 bits per heavy atom. The zero-order chi connectivity index (χ0) is 33.9. The summed E-state index contributed by atoms with van der Waals surface area (Å²) >= 11 is 0.484. The summed E-state index contributed by atoms with van der Waals surface area (Å²) in [7, 11) is -8.49. The number of sulfone groups is 1. The molecule has 0 aromatic heterocycles. The molecule has 0 aliphatic carbocycles. The zero-order valence-electron chi connectivity index (χ0n) is 25.2. The summed E-state index contributed by atoms with van der Waals surface area (Å²) in [5.41, 5.74) is 0.358. The predicted octanol–water partition coefficient (Wildman–Crippen LogP) is 0.429. The lowest BCUT2D eigenvalue weighted by Gasteiger charge is -2.33. The van der Waals surface area contributed by atoms with Crippen LogP contribution in [-0.4, -0.2) is 102 Å². The van der Waals surface area contributed by atoms with Gasteiger partial charge in [-0.1, -0.05) is 11.8 Å². The SMILES string of the molecule is CCN(C(=O)CCCOC(=O)COC(C)=O)[C@H]1C=C(S(=O)(=O)NC(=O)CCCOC(=O)COC(C)=O)SC2=C1C[C@H](C)S2(=O)=O. The van der Waals surface area contributed by atoms with Crippen molar-refractivity contribution in [1.82, 2.24) is 9.62 Å². The third-order valence-corrected chi connectivity index (χ3v) is 12.1. The van der Waals surface area contributed by atoms with E-state index in [4.69, 9.17) is 9.47 Å². The standard InChI is InChI=1S/C26H36N2O14S3/c1-5-28(22(32)9-7-11-40-24(34)15-42-18(4)30)20-13-25(43-26-19(20)12-16(2)44(26,35)36)45(37,38)27-21(31)8-6-10-39-23(33)14-41-17(3)29/h13,16,20H,5-12,14-15H2,1-4H3,(H,27,31)/t16-,20-/m0/s1. The van der Waals surface area contributed by atoms with E-state index in [0.717, 1.165) is 13.8 Å². The monoisotopic (exact) mass is 696 g/mol. The van der Waals surface area contributed by atoms with E-state index in [2.05, 4.69) is 9.47 Å². The normalized spacial score (nSPS) is 18.6. The molecule has 252 valence electrons. The summed E-state index contributed by atoms with van der Waals surface area (Å²) in [5.74, 6) is -4.39. The molecule has 0 spiro atoms. The average molecular weight is 697 g/mol. The third kappa shape index (κ3) is 11.1. The van der Waals surface area contributed by atoms with Crippen molar-refractivity contribution in [3.63, 3.8) is 0 Å². The maximum atomic E-state index is 13.2. The maximum Gasteiger partial charge on any atom is 0.344 e.